The minimum Gasteiger partial charge on any atom is -0.457 e. The van der Waals surface area contributed by atoms with Gasteiger partial charge in [-0.25, -0.2) is 18.0 Å². The standard InChI is InChI=1S/C28H31F3O6S/c1-15-6-7-17-18-12-20(30)19-11-16(32)8-9-25(19,2)27(18,31)22(33)13-26(17,3)28(15,24(35)38-14-29)37-23(34)21-5-4-10-36-21/h4-5,8-10,15,17-18,22,33H,6-7,11-14H2,1-3H3/t15-,17?,18?,22+,25+,26+,27+,28+/m1/s1. The number of fused-ring (bicyclic) bond motifs is 5. The second-order valence-electron chi connectivity index (χ2n) is 11.5. The number of allylic oxidation sites excluding steroid dienone is 4. The first kappa shape index (κ1) is 27.2. The molecular formula is C28H31F3O6S. The fraction of sp³-hybridized carbons (Fsp3) is 0.607. The lowest BCUT2D eigenvalue weighted by Gasteiger charge is -2.67. The second kappa shape index (κ2) is 9.11. The monoisotopic (exact) mass is 552 g/mol. The van der Waals surface area contributed by atoms with Crippen LogP contribution in [-0.2, 0) is 14.3 Å². The number of rotatable bonds is 4. The summed E-state index contributed by atoms with van der Waals surface area (Å²) in [7, 11) is 0. The highest BCUT2D eigenvalue weighted by Crippen LogP contribution is 2.70. The predicted octanol–water partition coefficient (Wildman–Crippen LogP) is 5.67. The Labute approximate surface area is 223 Å². The Balaban J connectivity index is 1.66. The van der Waals surface area contributed by atoms with Gasteiger partial charge < -0.3 is 14.3 Å². The van der Waals surface area contributed by atoms with Crippen molar-refractivity contribution in [2.45, 2.75) is 70.2 Å². The van der Waals surface area contributed by atoms with Gasteiger partial charge in [0.2, 0.25) is 10.9 Å². The van der Waals surface area contributed by atoms with Crippen molar-refractivity contribution in [3.8, 4) is 0 Å². The number of hydrogen-bond acceptors (Lipinski definition) is 7. The number of halogens is 3. The van der Waals surface area contributed by atoms with Crippen LogP contribution in [0.2, 0.25) is 0 Å². The molecule has 0 spiro atoms. The Morgan fingerprint density at radius 2 is 2.00 bits per heavy atom. The van der Waals surface area contributed by atoms with Crippen LogP contribution in [0.25, 0.3) is 0 Å². The number of aliphatic hydroxyl groups is 1. The van der Waals surface area contributed by atoms with Crippen LogP contribution >= 0.6 is 11.8 Å². The summed E-state index contributed by atoms with van der Waals surface area (Å²) in [4.78, 5) is 39.0. The van der Waals surface area contributed by atoms with Crippen molar-refractivity contribution < 1.29 is 41.8 Å². The molecule has 0 amide bonds. The Bertz CT molecular complexity index is 1230. The number of thioether (sulfide) groups is 1. The van der Waals surface area contributed by atoms with Crippen molar-refractivity contribution >= 4 is 28.6 Å². The topological polar surface area (TPSA) is 93.8 Å². The van der Waals surface area contributed by atoms with Crippen molar-refractivity contribution in [1.29, 1.82) is 0 Å². The summed E-state index contributed by atoms with van der Waals surface area (Å²) in [6.45, 7) is 4.87. The van der Waals surface area contributed by atoms with Gasteiger partial charge in [0.05, 0.1) is 12.4 Å². The van der Waals surface area contributed by atoms with Crippen LogP contribution in [0.4, 0.5) is 13.2 Å². The molecule has 38 heavy (non-hydrogen) atoms. The Hall–Kier alpha value is -2.33. The summed E-state index contributed by atoms with van der Waals surface area (Å²) in [6.07, 6.45) is 1.98. The molecular weight excluding hydrogens is 521 g/mol. The van der Waals surface area contributed by atoms with Gasteiger partial charge in [-0.1, -0.05) is 19.9 Å². The molecule has 2 unspecified atom stereocenters. The zero-order chi connectivity index (χ0) is 27.7. The molecule has 4 aliphatic rings. The minimum absolute atomic E-state index is 0.0372. The van der Waals surface area contributed by atoms with Crippen LogP contribution in [0.15, 0.2) is 46.4 Å². The quantitative estimate of drug-likeness (QED) is 0.482. The smallest absolute Gasteiger partial charge is 0.375 e. The third-order valence-electron chi connectivity index (χ3n) is 9.97. The summed E-state index contributed by atoms with van der Waals surface area (Å²) in [5.74, 6) is -4.40. The van der Waals surface area contributed by atoms with Crippen LogP contribution in [0, 0.1) is 28.6 Å². The van der Waals surface area contributed by atoms with E-state index in [0.29, 0.717) is 24.6 Å². The number of carbonyl (C=O) groups is 3. The highest BCUT2D eigenvalue weighted by Gasteiger charge is 2.76. The third-order valence-corrected chi connectivity index (χ3v) is 10.6. The van der Waals surface area contributed by atoms with Crippen molar-refractivity contribution in [1.82, 2.24) is 0 Å². The van der Waals surface area contributed by atoms with E-state index in [-0.39, 0.29) is 36.4 Å². The van der Waals surface area contributed by atoms with Gasteiger partial charge >= 0.3 is 5.97 Å². The first-order valence-corrected chi connectivity index (χ1v) is 13.8. The predicted molar refractivity (Wildman–Crippen MR) is 133 cm³/mol. The summed E-state index contributed by atoms with van der Waals surface area (Å²) in [6, 6.07) is 1.79. The molecule has 0 bridgehead atoms. The number of carbonyl (C=O) groups excluding carboxylic acids is 3. The van der Waals surface area contributed by atoms with Gasteiger partial charge in [-0.05, 0) is 67.6 Å². The number of hydrogen-bond donors (Lipinski definition) is 1. The first-order chi connectivity index (χ1) is 17.9. The lowest BCUT2D eigenvalue weighted by atomic mass is 9.40. The molecule has 2 saturated carbocycles. The molecule has 1 aromatic heterocycles. The average Bonchev–Trinajstić information content (AvgIpc) is 3.40. The van der Waals surface area contributed by atoms with Crippen LogP contribution in [-0.4, -0.2) is 45.4 Å². The number of esters is 1. The van der Waals surface area contributed by atoms with Crippen molar-refractivity contribution in [3.63, 3.8) is 0 Å². The van der Waals surface area contributed by atoms with E-state index in [4.69, 9.17) is 9.15 Å². The van der Waals surface area contributed by atoms with E-state index < -0.39 is 68.9 Å². The molecule has 5 rings (SSSR count). The summed E-state index contributed by atoms with van der Waals surface area (Å²) in [5.41, 5.74) is -7.15. The van der Waals surface area contributed by atoms with Crippen molar-refractivity contribution in [2.75, 3.05) is 6.01 Å². The molecule has 0 aromatic carbocycles. The molecule has 10 heteroatoms. The summed E-state index contributed by atoms with van der Waals surface area (Å²) in [5, 5.41) is 10.8. The Morgan fingerprint density at radius 1 is 1.26 bits per heavy atom. The fourth-order valence-electron chi connectivity index (χ4n) is 8.12. The van der Waals surface area contributed by atoms with E-state index in [1.54, 1.807) is 13.8 Å². The van der Waals surface area contributed by atoms with E-state index in [1.807, 2.05) is 0 Å². The minimum atomic E-state index is -2.34. The molecule has 1 aromatic rings. The number of aliphatic hydroxyl groups excluding tert-OH is 1. The van der Waals surface area contributed by atoms with Gasteiger partial charge in [-0.3, -0.25) is 9.59 Å². The maximum Gasteiger partial charge on any atom is 0.375 e. The molecule has 0 aliphatic heterocycles. The lowest BCUT2D eigenvalue weighted by Crippen LogP contribution is -2.74. The van der Waals surface area contributed by atoms with Gasteiger partial charge in [-0.15, -0.1) is 0 Å². The van der Waals surface area contributed by atoms with Crippen molar-refractivity contribution in [3.05, 3.63) is 47.7 Å². The number of alkyl halides is 2. The fourth-order valence-corrected chi connectivity index (χ4v) is 8.91. The molecule has 206 valence electrons. The third kappa shape index (κ3) is 3.41. The van der Waals surface area contributed by atoms with E-state index in [2.05, 4.69) is 0 Å². The molecule has 1 N–H and O–H groups in total. The Kier molecular flexibility index (Phi) is 6.53. The first-order valence-electron chi connectivity index (χ1n) is 12.8. The Morgan fingerprint density at radius 3 is 2.66 bits per heavy atom. The van der Waals surface area contributed by atoms with Crippen LogP contribution < -0.4 is 0 Å². The van der Waals surface area contributed by atoms with E-state index >= 15 is 8.78 Å². The molecule has 6 nitrogen and oxygen atoms in total. The van der Waals surface area contributed by atoms with Gasteiger partial charge in [0.1, 0.15) is 11.8 Å². The number of ether oxygens (including phenoxy) is 1. The molecule has 4 aliphatic carbocycles. The zero-order valence-corrected chi connectivity index (χ0v) is 22.3. The number of ketones is 1. The van der Waals surface area contributed by atoms with Gasteiger partial charge in [0, 0.05) is 35.5 Å². The molecule has 8 atom stereocenters. The maximum atomic E-state index is 17.5. The molecule has 0 saturated heterocycles. The largest absolute Gasteiger partial charge is 0.457 e. The van der Waals surface area contributed by atoms with E-state index in [9.17, 15) is 23.9 Å². The van der Waals surface area contributed by atoms with Crippen LogP contribution in [0.5, 0.6) is 0 Å². The molecule has 0 radical (unpaired) electrons. The average molecular weight is 553 g/mol. The van der Waals surface area contributed by atoms with Gasteiger partial charge in [0.25, 0.3) is 0 Å². The molecule has 1 heterocycles. The number of furan rings is 1. The lowest BCUT2D eigenvalue weighted by molar-refractivity contribution is -0.253. The zero-order valence-electron chi connectivity index (χ0n) is 21.5. The van der Waals surface area contributed by atoms with Gasteiger partial charge in [0.15, 0.2) is 17.1 Å². The van der Waals surface area contributed by atoms with Gasteiger partial charge in [-0.2, -0.15) is 0 Å². The highest BCUT2D eigenvalue weighted by molar-refractivity contribution is 8.13. The maximum absolute atomic E-state index is 17.5. The summed E-state index contributed by atoms with van der Waals surface area (Å²) >= 11 is 0.361. The molecule has 2 fully saturated rings. The van der Waals surface area contributed by atoms with E-state index in [1.165, 1.54) is 37.5 Å². The van der Waals surface area contributed by atoms with Crippen LogP contribution in [0.1, 0.15) is 63.4 Å². The van der Waals surface area contributed by atoms with Crippen LogP contribution in [0.3, 0.4) is 0 Å². The van der Waals surface area contributed by atoms with Crippen molar-refractivity contribution in [2.24, 2.45) is 28.6 Å². The normalized spacial score (nSPS) is 42.2. The highest BCUT2D eigenvalue weighted by atomic mass is 32.2. The SMILES string of the molecule is C[C@@H]1CCC2C3CC(F)=C4CC(=O)C=C[C@]4(C)[C@@]3(F)[C@@H](O)C[C@]2(C)[C@@]1(OC(=O)c1ccco1)C(=O)SCF. The second-order valence-corrected chi connectivity index (χ2v) is 12.4. The summed E-state index contributed by atoms with van der Waals surface area (Å²) < 4.78 is 57.9. The van der Waals surface area contributed by atoms with E-state index in [0.717, 1.165) is 0 Å².